The molecule has 3 N–H and O–H groups in total. The summed E-state index contributed by atoms with van der Waals surface area (Å²) in [6.07, 6.45) is 0. The van der Waals surface area contributed by atoms with Gasteiger partial charge in [-0.25, -0.2) is 8.42 Å². The fourth-order valence-corrected chi connectivity index (χ4v) is 3.42. The number of aromatic hydroxyl groups is 1. The average molecular weight is 430 g/mol. The van der Waals surface area contributed by atoms with Crippen LogP contribution in [0.15, 0.2) is 59.5 Å². The monoisotopic (exact) mass is 430 g/mol. The van der Waals surface area contributed by atoms with Crippen molar-refractivity contribution in [3.63, 3.8) is 0 Å². The van der Waals surface area contributed by atoms with Crippen molar-refractivity contribution in [2.45, 2.75) is 4.90 Å². The van der Waals surface area contributed by atoms with Gasteiger partial charge in [-0.15, -0.1) is 0 Å². The molecule has 0 aliphatic heterocycles. The quantitative estimate of drug-likeness (QED) is 0.519. The Balaban J connectivity index is 1.77. The van der Waals surface area contributed by atoms with Crippen LogP contribution in [0.4, 0.5) is 11.5 Å². The van der Waals surface area contributed by atoms with Crippen molar-refractivity contribution >= 4 is 27.4 Å². The molecule has 0 spiro atoms. The third-order valence-electron chi connectivity index (χ3n) is 3.88. The number of phenolic OH excluding ortho intramolecular Hbond substituents is 1. The molecule has 0 atom stereocenters. The van der Waals surface area contributed by atoms with Gasteiger partial charge in [0.15, 0.2) is 5.82 Å². The van der Waals surface area contributed by atoms with E-state index in [-0.39, 0.29) is 33.9 Å². The maximum atomic E-state index is 12.6. The minimum atomic E-state index is -3.97. The Morgan fingerprint density at radius 2 is 1.70 bits per heavy atom. The molecule has 10 nitrogen and oxygen atoms in total. The molecule has 0 aliphatic rings. The number of carbonyl (C=O) groups is 1. The number of phenols is 1. The van der Waals surface area contributed by atoms with Gasteiger partial charge in [-0.05, 0) is 36.4 Å². The third kappa shape index (κ3) is 4.75. The topological polar surface area (TPSA) is 140 Å². The highest BCUT2D eigenvalue weighted by Gasteiger charge is 2.17. The van der Waals surface area contributed by atoms with E-state index in [4.69, 9.17) is 9.47 Å². The Kier molecular flexibility index (Phi) is 6.02. The van der Waals surface area contributed by atoms with Crippen LogP contribution in [-0.4, -0.2) is 43.6 Å². The van der Waals surface area contributed by atoms with Crippen molar-refractivity contribution in [3.8, 4) is 17.6 Å². The van der Waals surface area contributed by atoms with E-state index in [1.807, 2.05) is 0 Å². The number of benzene rings is 2. The molecule has 0 aliphatic carbocycles. The van der Waals surface area contributed by atoms with E-state index >= 15 is 0 Å². The number of nitrogens with zero attached hydrogens (tertiary/aromatic N) is 2. The highest BCUT2D eigenvalue weighted by molar-refractivity contribution is 7.92. The molecular formula is C19H18N4O6S. The van der Waals surface area contributed by atoms with Crippen LogP contribution in [0, 0.1) is 0 Å². The van der Waals surface area contributed by atoms with Crippen molar-refractivity contribution in [1.82, 2.24) is 9.97 Å². The lowest BCUT2D eigenvalue weighted by Crippen LogP contribution is -2.15. The molecule has 3 aromatic rings. The molecule has 1 amide bonds. The number of sulfonamides is 1. The van der Waals surface area contributed by atoms with Gasteiger partial charge in [-0.3, -0.25) is 9.52 Å². The maximum Gasteiger partial charge on any atom is 0.321 e. The number of para-hydroxylation sites is 1. The highest BCUT2D eigenvalue weighted by atomic mass is 32.2. The molecule has 0 fully saturated rings. The van der Waals surface area contributed by atoms with Crippen LogP contribution < -0.4 is 19.5 Å². The number of rotatable bonds is 7. The van der Waals surface area contributed by atoms with E-state index in [0.29, 0.717) is 5.69 Å². The van der Waals surface area contributed by atoms with Gasteiger partial charge in [0, 0.05) is 11.8 Å². The Bertz CT molecular complexity index is 1140. The van der Waals surface area contributed by atoms with Gasteiger partial charge in [0.25, 0.3) is 15.9 Å². The average Bonchev–Trinajstić information content (AvgIpc) is 2.73. The number of amides is 1. The van der Waals surface area contributed by atoms with E-state index in [0.717, 1.165) is 0 Å². The smallest absolute Gasteiger partial charge is 0.321 e. The number of methoxy groups -OCH3 is 2. The lowest BCUT2D eigenvalue weighted by Gasteiger charge is -2.11. The van der Waals surface area contributed by atoms with Gasteiger partial charge >= 0.3 is 6.01 Å². The van der Waals surface area contributed by atoms with Crippen LogP contribution in [0.3, 0.4) is 0 Å². The minimum Gasteiger partial charge on any atom is -0.507 e. The second kappa shape index (κ2) is 8.66. The SMILES string of the molecule is COc1cc(NS(=O)(=O)c2ccc(NC(=O)c3ccccc3O)cc2)nc(OC)n1. The first-order valence-corrected chi connectivity index (χ1v) is 10.00. The van der Waals surface area contributed by atoms with E-state index in [9.17, 15) is 18.3 Å². The molecule has 30 heavy (non-hydrogen) atoms. The van der Waals surface area contributed by atoms with Crippen LogP contribution >= 0.6 is 0 Å². The summed E-state index contributed by atoms with van der Waals surface area (Å²) >= 11 is 0. The van der Waals surface area contributed by atoms with E-state index < -0.39 is 15.9 Å². The van der Waals surface area contributed by atoms with Crippen molar-refractivity contribution < 1.29 is 27.8 Å². The molecule has 0 saturated heterocycles. The molecule has 0 unspecified atom stereocenters. The van der Waals surface area contributed by atoms with Gasteiger partial charge in [0.1, 0.15) is 5.75 Å². The first-order valence-electron chi connectivity index (χ1n) is 8.51. The zero-order valence-corrected chi connectivity index (χ0v) is 16.8. The zero-order chi connectivity index (χ0) is 21.7. The lowest BCUT2D eigenvalue weighted by atomic mass is 10.2. The van der Waals surface area contributed by atoms with Crippen molar-refractivity contribution in [2.75, 3.05) is 24.3 Å². The predicted molar refractivity (Wildman–Crippen MR) is 108 cm³/mol. The van der Waals surface area contributed by atoms with Gasteiger partial charge in [-0.1, -0.05) is 12.1 Å². The normalized spacial score (nSPS) is 10.9. The Morgan fingerprint density at radius 3 is 2.33 bits per heavy atom. The first kappa shape index (κ1) is 20.9. The van der Waals surface area contributed by atoms with Crippen LogP contribution in [0.1, 0.15) is 10.4 Å². The van der Waals surface area contributed by atoms with Crippen LogP contribution in [0.5, 0.6) is 17.6 Å². The zero-order valence-electron chi connectivity index (χ0n) is 16.0. The summed E-state index contributed by atoms with van der Waals surface area (Å²) in [7, 11) is -1.25. The van der Waals surface area contributed by atoms with Gasteiger partial charge in [0.05, 0.1) is 24.7 Å². The minimum absolute atomic E-state index is 0.0318. The summed E-state index contributed by atoms with van der Waals surface area (Å²) in [6.45, 7) is 0. The molecule has 1 heterocycles. The summed E-state index contributed by atoms with van der Waals surface area (Å²) in [5, 5.41) is 12.3. The summed E-state index contributed by atoms with van der Waals surface area (Å²) in [5.41, 5.74) is 0.454. The number of ether oxygens (including phenoxy) is 2. The summed E-state index contributed by atoms with van der Waals surface area (Å²) in [4.78, 5) is 20.0. The van der Waals surface area contributed by atoms with Crippen molar-refractivity contribution in [2.24, 2.45) is 0 Å². The number of anilines is 2. The largest absolute Gasteiger partial charge is 0.507 e. The number of aromatic nitrogens is 2. The number of carbonyl (C=O) groups excluding carboxylic acids is 1. The van der Waals surface area contributed by atoms with Crippen LogP contribution in [0.2, 0.25) is 0 Å². The van der Waals surface area contributed by atoms with Crippen LogP contribution in [-0.2, 0) is 10.0 Å². The Hall–Kier alpha value is -3.86. The van der Waals surface area contributed by atoms with Gasteiger partial charge in [-0.2, -0.15) is 9.97 Å². The molecule has 11 heteroatoms. The second-order valence-corrected chi connectivity index (χ2v) is 7.57. The van der Waals surface area contributed by atoms with Crippen molar-refractivity contribution in [1.29, 1.82) is 0 Å². The molecule has 0 bridgehead atoms. The van der Waals surface area contributed by atoms with E-state index in [2.05, 4.69) is 20.0 Å². The van der Waals surface area contributed by atoms with Gasteiger partial charge in [0.2, 0.25) is 5.88 Å². The van der Waals surface area contributed by atoms with Crippen molar-refractivity contribution in [3.05, 3.63) is 60.2 Å². The Labute approximate surface area is 172 Å². The molecule has 3 rings (SSSR count). The van der Waals surface area contributed by atoms with Crippen LogP contribution in [0.25, 0.3) is 0 Å². The maximum absolute atomic E-state index is 12.6. The highest BCUT2D eigenvalue weighted by Crippen LogP contribution is 2.22. The number of hydrogen-bond acceptors (Lipinski definition) is 8. The molecule has 0 saturated carbocycles. The molecule has 1 aromatic heterocycles. The fourth-order valence-electron chi connectivity index (χ4n) is 2.43. The van der Waals surface area contributed by atoms with E-state index in [1.165, 1.54) is 56.7 Å². The lowest BCUT2D eigenvalue weighted by molar-refractivity contribution is 0.102. The number of hydrogen-bond donors (Lipinski definition) is 3. The standard InChI is InChI=1S/C19H18N4O6S/c1-28-17-11-16(21-19(22-17)29-2)23-30(26,27)13-9-7-12(8-10-13)20-18(25)14-5-3-4-6-15(14)24/h3-11,24H,1-2H3,(H,20,25)(H,21,22,23). The summed E-state index contributed by atoms with van der Waals surface area (Å²) in [6, 6.07) is 12.8. The Morgan fingerprint density at radius 1 is 1.00 bits per heavy atom. The van der Waals surface area contributed by atoms with Gasteiger partial charge < -0.3 is 19.9 Å². The summed E-state index contributed by atoms with van der Waals surface area (Å²) in [5.74, 6) is -0.589. The molecular weight excluding hydrogens is 412 g/mol. The number of nitrogens with one attached hydrogen (secondary N) is 2. The third-order valence-corrected chi connectivity index (χ3v) is 5.25. The van der Waals surface area contributed by atoms with E-state index in [1.54, 1.807) is 12.1 Å². The first-order chi connectivity index (χ1) is 14.3. The fraction of sp³-hybridized carbons (Fsp3) is 0.105. The second-order valence-electron chi connectivity index (χ2n) is 5.88. The molecule has 0 radical (unpaired) electrons. The summed E-state index contributed by atoms with van der Waals surface area (Å²) < 4.78 is 37.5. The predicted octanol–water partition coefficient (Wildman–Crippen LogP) is 2.25. The molecule has 156 valence electrons. The molecule has 2 aromatic carbocycles.